The van der Waals surface area contributed by atoms with Crippen LogP contribution in [-0.4, -0.2) is 53.8 Å². The van der Waals surface area contributed by atoms with Crippen LogP contribution in [0.4, 0.5) is 0 Å². The monoisotopic (exact) mass is 596 g/mol. The highest BCUT2D eigenvalue weighted by molar-refractivity contribution is 8.07. The summed E-state index contributed by atoms with van der Waals surface area (Å²) in [7, 11) is 0. The zero-order valence-electron chi connectivity index (χ0n) is 25.1. The van der Waals surface area contributed by atoms with Crippen molar-refractivity contribution in [1.82, 2.24) is 15.0 Å². The molecule has 0 saturated carbocycles. The number of fused-ring (bicyclic) bond motifs is 7. The SMILES string of the molecule is C/C=c1\c(C)c2[nH]\c1=C/c1[nH]c(c(CCC(=O)O)c1C)/C=c1\[nH]/c(c(C)c1CCC(=O)O)=C\C1=NC(=C\2)/C([C@H]2CS2)=C1C. The van der Waals surface area contributed by atoms with E-state index < -0.39 is 11.9 Å². The molecule has 0 spiro atoms. The fourth-order valence-electron chi connectivity index (χ4n) is 6.32. The van der Waals surface area contributed by atoms with Crippen molar-refractivity contribution in [3.05, 3.63) is 83.0 Å². The minimum atomic E-state index is -0.853. The molecule has 6 heterocycles. The molecule has 3 aliphatic heterocycles. The summed E-state index contributed by atoms with van der Waals surface area (Å²) in [6.07, 6.45) is 11.2. The molecular formula is C34H36N4O4S. The van der Waals surface area contributed by atoms with Crippen LogP contribution in [0.1, 0.15) is 71.6 Å². The molecule has 1 atom stereocenters. The maximum absolute atomic E-state index is 11.6. The zero-order chi connectivity index (χ0) is 30.6. The van der Waals surface area contributed by atoms with Gasteiger partial charge in [0.2, 0.25) is 0 Å². The normalized spacial score (nSPS) is 21.3. The molecule has 6 rings (SSSR count). The number of carboxylic acid groups (broad SMARTS) is 2. The molecule has 9 heteroatoms. The molecule has 0 amide bonds. The smallest absolute Gasteiger partial charge is 0.303 e. The average Bonchev–Trinajstić information content (AvgIpc) is 3.50. The van der Waals surface area contributed by atoms with Crippen LogP contribution in [0.3, 0.4) is 0 Å². The van der Waals surface area contributed by atoms with E-state index in [0.717, 1.165) is 88.9 Å². The second-order valence-corrected chi connectivity index (χ2v) is 12.7. The van der Waals surface area contributed by atoms with Crippen molar-refractivity contribution in [2.75, 3.05) is 5.75 Å². The van der Waals surface area contributed by atoms with Crippen LogP contribution in [0.2, 0.25) is 0 Å². The van der Waals surface area contributed by atoms with Gasteiger partial charge in [-0.1, -0.05) is 6.08 Å². The highest BCUT2D eigenvalue weighted by Crippen LogP contribution is 2.44. The summed E-state index contributed by atoms with van der Waals surface area (Å²) in [4.78, 5) is 39.1. The number of aliphatic imine (C=N–C) groups is 1. The van der Waals surface area contributed by atoms with E-state index in [1.165, 1.54) is 5.57 Å². The van der Waals surface area contributed by atoms with E-state index in [-0.39, 0.29) is 12.8 Å². The van der Waals surface area contributed by atoms with Crippen LogP contribution in [0.15, 0.2) is 21.8 Å². The van der Waals surface area contributed by atoms with E-state index in [2.05, 4.69) is 53.1 Å². The number of thioether (sulfide) groups is 1. The van der Waals surface area contributed by atoms with E-state index in [9.17, 15) is 19.8 Å². The number of aliphatic carboxylic acids is 2. The van der Waals surface area contributed by atoms with E-state index in [4.69, 9.17) is 4.99 Å². The molecule has 1 fully saturated rings. The third-order valence-electron chi connectivity index (χ3n) is 8.84. The molecule has 222 valence electrons. The number of hydrogen-bond donors (Lipinski definition) is 5. The van der Waals surface area contributed by atoms with Crippen molar-refractivity contribution in [2.45, 2.75) is 65.6 Å². The maximum Gasteiger partial charge on any atom is 0.303 e. The Morgan fingerprint density at radius 3 is 2.14 bits per heavy atom. The molecule has 1 saturated heterocycles. The van der Waals surface area contributed by atoms with Gasteiger partial charge in [0, 0.05) is 57.0 Å². The summed E-state index contributed by atoms with van der Waals surface area (Å²) >= 11 is 1.93. The van der Waals surface area contributed by atoms with Crippen LogP contribution in [0, 0.1) is 20.8 Å². The first-order chi connectivity index (χ1) is 20.5. The summed E-state index contributed by atoms with van der Waals surface area (Å²) in [5.74, 6) is -0.620. The second-order valence-electron chi connectivity index (χ2n) is 11.5. The first-order valence-corrected chi connectivity index (χ1v) is 15.7. The Morgan fingerprint density at radius 2 is 1.49 bits per heavy atom. The molecule has 3 aromatic heterocycles. The van der Waals surface area contributed by atoms with Crippen LogP contribution >= 0.6 is 11.8 Å². The van der Waals surface area contributed by atoms with Crippen molar-refractivity contribution in [1.29, 1.82) is 0 Å². The van der Waals surface area contributed by atoms with Gasteiger partial charge in [-0.15, -0.1) is 0 Å². The maximum atomic E-state index is 11.6. The Hall–Kier alpha value is -4.24. The number of H-pyrrole nitrogens is 3. The quantitative estimate of drug-likeness (QED) is 0.267. The third-order valence-corrected chi connectivity index (χ3v) is 9.74. The van der Waals surface area contributed by atoms with Gasteiger partial charge in [-0.3, -0.25) is 9.59 Å². The number of aromatic nitrogens is 3. The number of nitrogens with zero attached hydrogens (tertiary/aromatic N) is 1. The van der Waals surface area contributed by atoms with Crippen molar-refractivity contribution in [3.8, 4) is 0 Å². The lowest BCUT2D eigenvalue weighted by Crippen LogP contribution is -2.23. The first kappa shape index (κ1) is 28.9. The standard InChI is InChI=1S/C34H36N4O4S/c1-6-20-16(2)25-13-30-34(31-15-43-31)19(5)26(38-30)11-23-17(3)21(7-9-32(39)40)28(36-23)14-29-22(8-10-33(41)42)18(4)24(37-29)12-27(20)35-25/h6,11-14,31,35-37H,7-10,15H2,1-5H3,(H,39,40)(H,41,42)/b20-6+,23-11-,27-12-,28-14-,30-13-/t31-/m1/s1. The summed E-state index contributed by atoms with van der Waals surface area (Å²) in [5, 5.41) is 23.2. The van der Waals surface area contributed by atoms with Gasteiger partial charge < -0.3 is 25.2 Å². The van der Waals surface area contributed by atoms with Gasteiger partial charge in [-0.05, 0) is 116 Å². The number of aromatic amines is 3. The van der Waals surface area contributed by atoms with E-state index in [1.807, 2.05) is 38.6 Å². The molecule has 0 aliphatic carbocycles. The zero-order valence-corrected chi connectivity index (χ0v) is 25.9. The van der Waals surface area contributed by atoms with Gasteiger partial charge in [-0.2, -0.15) is 11.8 Å². The largest absolute Gasteiger partial charge is 0.481 e. The molecule has 0 radical (unpaired) electrons. The van der Waals surface area contributed by atoms with Gasteiger partial charge in [0.15, 0.2) is 0 Å². The topological polar surface area (TPSA) is 134 Å². The van der Waals surface area contributed by atoms with Crippen LogP contribution < -0.4 is 21.3 Å². The molecule has 43 heavy (non-hydrogen) atoms. The predicted octanol–water partition coefficient (Wildman–Crippen LogP) is 3.11. The number of carbonyl (C=O) groups is 2. The predicted molar refractivity (Wildman–Crippen MR) is 173 cm³/mol. The minimum absolute atomic E-state index is 0.00793. The number of rotatable bonds is 7. The highest BCUT2D eigenvalue weighted by Gasteiger charge is 2.34. The number of carboxylic acids is 2. The second kappa shape index (κ2) is 11.1. The summed E-state index contributed by atoms with van der Waals surface area (Å²) in [6, 6.07) is 0. The number of allylic oxidation sites excluding steroid dienone is 2. The lowest BCUT2D eigenvalue weighted by atomic mass is 10.0. The van der Waals surface area contributed by atoms with Crippen LogP contribution in [0.25, 0.3) is 30.4 Å². The van der Waals surface area contributed by atoms with E-state index >= 15 is 0 Å². The first-order valence-electron chi connectivity index (χ1n) is 14.6. The van der Waals surface area contributed by atoms with Crippen LogP contribution in [0.5, 0.6) is 0 Å². The van der Waals surface area contributed by atoms with Crippen molar-refractivity contribution >= 4 is 59.8 Å². The molecule has 0 unspecified atom stereocenters. The molecule has 0 aromatic carbocycles. The van der Waals surface area contributed by atoms with Gasteiger partial charge >= 0.3 is 11.9 Å². The Bertz CT molecular complexity index is 2040. The van der Waals surface area contributed by atoms with Gasteiger partial charge in [0.1, 0.15) is 0 Å². The van der Waals surface area contributed by atoms with E-state index in [0.29, 0.717) is 18.1 Å². The fraction of sp³-hybridized carbons (Fsp3) is 0.324. The average molecular weight is 597 g/mol. The summed E-state index contributed by atoms with van der Waals surface area (Å²) in [5.41, 5.74) is 12.0. The molecule has 3 aliphatic rings. The number of nitrogens with one attached hydrogen (secondary N) is 3. The summed E-state index contributed by atoms with van der Waals surface area (Å²) < 4.78 is 0. The minimum Gasteiger partial charge on any atom is -0.481 e. The van der Waals surface area contributed by atoms with Gasteiger partial charge in [0.25, 0.3) is 0 Å². The third kappa shape index (κ3) is 5.38. The van der Waals surface area contributed by atoms with Gasteiger partial charge in [-0.25, -0.2) is 4.99 Å². The molecule has 5 N–H and O–H groups in total. The molecular weight excluding hydrogens is 560 g/mol. The Kier molecular flexibility index (Phi) is 7.46. The lowest BCUT2D eigenvalue weighted by Gasteiger charge is -2.02. The Balaban J connectivity index is 1.69. The van der Waals surface area contributed by atoms with Crippen LogP contribution in [-0.2, 0) is 22.4 Å². The van der Waals surface area contributed by atoms with Crippen molar-refractivity contribution < 1.29 is 19.8 Å². The highest BCUT2D eigenvalue weighted by atomic mass is 32.2. The number of hydrogen-bond acceptors (Lipinski definition) is 4. The van der Waals surface area contributed by atoms with Crippen molar-refractivity contribution in [3.63, 3.8) is 0 Å². The molecule has 8 nitrogen and oxygen atoms in total. The van der Waals surface area contributed by atoms with Crippen molar-refractivity contribution in [2.24, 2.45) is 4.99 Å². The molecule has 3 aromatic rings. The molecule has 8 bridgehead atoms. The summed E-state index contributed by atoms with van der Waals surface area (Å²) in [6.45, 7) is 10.3. The lowest BCUT2D eigenvalue weighted by molar-refractivity contribution is -0.138. The Labute approximate surface area is 253 Å². The van der Waals surface area contributed by atoms with E-state index in [1.54, 1.807) is 0 Å². The Morgan fingerprint density at radius 1 is 0.837 bits per heavy atom. The van der Waals surface area contributed by atoms with Gasteiger partial charge in [0.05, 0.1) is 11.4 Å². The fourth-order valence-corrected chi connectivity index (χ4v) is 7.05.